The van der Waals surface area contributed by atoms with Crippen LogP contribution in [0, 0.1) is 3.57 Å². The van der Waals surface area contributed by atoms with Crippen molar-refractivity contribution in [3.8, 4) is 0 Å². The molecule has 0 unspecified atom stereocenters. The third-order valence-electron chi connectivity index (χ3n) is 2.39. The fourth-order valence-corrected chi connectivity index (χ4v) is 2.13. The van der Waals surface area contributed by atoms with E-state index >= 15 is 0 Å². The summed E-state index contributed by atoms with van der Waals surface area (Å²) < 4.78 is 16.5. The molecule has 1 N–H and O–H groups in total. The molecule has 0 aliphatic carbocycles. The molecule has 0 saturated carbocycles. The lowest BCUT2D eigenvalue weighted by atomic mass is 10.3. The maximum atomic E-state index is 5.42. The summed E-state index contributed by atoms with van der Waals surface area (Å²) in [7, 11) is 5.16. The molecule has 1 aromatic heterocycles. The summed E-state index contributed by atoms with van der Waals surface area (Å²) in [4.78, 5) is 8.95. The van der Waals surface area contributed by atoms with Crippen LogP contribution in [0.1, 0.15) is 11.5 Å². The molecule has 1 aromatic rings. The van der Waals surface area contributed by atoms with Gasteiger partial charge in [-0.05, 0) is 22.6 Å². The van der Waals surface area contributed by atoms with Gasteiger partial charge in [0.05, 0.1) is 35.7 Å². The van der Waals surface area contributed by atoms with Crippen LogP contribution >= 0.6 is 22.6 Å². The van der Waals surface area contributed by atoms with Crippen LogP contribution in [-0.4, -0.2) is 51.1 Å². The highest BCUT2D eigenvalue weighted by Gasteiger charge is 2.11. The third-order valence-corrected chi connectivity index (χ3v) is 3.52. The molecular formula is C12H20IN3O3. The molecule has 1 heterocycles. The van der Waals surface area contributed by atoms with E-state index in [-0.39, 0.29) is 0 Å². The molecule has 0 saturated heterocycles. The highest BCUT2D eigenvalue weighted by Crippen LogP contribution is 2.19. The molecule has 0 spiro atoms. The quantitative estimate of drug-likeness (QED) is 0.517. The maximum absolute atomic E-state index is 5.42. The van der Waals surface area contributed by atoms with Crippen LogP contribution in [0.3, 0.4) is 0 Å². The van der Waals surface area contributed by atoms with Crippen molar-refractivity contribution in [3.63, 3.8) is 0 Å². The van der Waals surface area contributed by atoms with Crippen LogP contribution in [0.25, 0.3) is 0 Å². The van der Waals surface area contributed by atoms with Gasteiger partial charge in [0.2, 0.25) is 0 Å². The van der Waals surface area contributed by atoms with Crippen LogP contribution in [0.5, 0.6) is 0 Å². The van der Waals surface area contributed by atoms with Crippen molar-refractivity contribution in [2.24, 2.45) is 0 Å². The van der Waals surface area contributed by atoms with E-state index in [0.29, 0.717) is 32.8 Å². The number of anilines is 1. The normalized spacial score (nSPS) is 10.7. The number of methoxy groups -OCH3 is 2. The number of nitrogens with one attached hydrogen (secondary N) is 1. The van der Waals surface area contributed by atoms with Gasteiger partial charge >= 0.3 is 0 Å². The SMILES string of the molecule is CNc1nc(CCOCCOC)nc(COC)c1I. The molecule has 0 aromatic carbocycles. The fourth-order valence-electron chi connectivity index (χ4n) is 1.46. The summed E-state index contributed by atoms with van der Waals surface area (Å²) >= 11 is 2.22. The van der Waals surface area contributed by atoms with Gasteiger partial charge in [-0.15, -0.1) is 0 Å². The molecule has 0 radical (unpaired) electrons. The van der Waals surface area contributed by atoms with Crippen LogP contribution in [-0.2, 0) is 27.2 Å². The Kier molecular flexibility index (Phi) is 8.19. The molecule has 0 amide bonds. The van der Waals surface area contributed by atoms with Crippen LogP contribution < -0.4 is 5.32 Å². The Morgan fingerprint density at radius 3 is 2.53 bits per heavy atom. The van der Waals surface area contributed by atoms with Gasteiger partial charge in [0.1, 0.15) is 11.6 Å². The Morgan fingerprint density at radius 2 is 1.89 bits per heavy atom. The Labute approximate surface area is 127 Å². The summed E-state index contributed by atoms with van der Waals surface area (Å²) in [5.41, 5.74) is 0.898. The molecule has 0 fully saturated rings. The van der Waals surface area contributed by atoms with E-state index in [2.05, 4.69) is 37.9 Å². The Morgan fingerprint density at radius 1 is 1.11 bits per heavy atom. The van der Waals surface area contributed by atoms with Crippen molar-refractivity contribution in [1.29, 1.82) is 0 Å². The van der Waals surface area contributed by atoms with Crippen molar-refractivity contribution < 1.29 is 14.2 Å². The molecule has 0 aliphatic rings. The molecular weight excluding hydrogens is 361 g/mol. The molecule has 0 atom stereocenters. The summed E-state index contributed by atoms with van der Waals surface area (Å²) in [5, 5.41) is 3.07. The van der Waals surface area contributed by atoms with Gasteiger partial charge in [-0.25, -0.2) is 9.97 Å². The van der Waals surface area contributed by atoms with E-state index in [1.165, 1.54) is 0 Å². The topological polar surface area (TPSA) is 65.5 Å². The predicted molar refractivity (Wildman–Crippen MR) is 81.4 cm³/mol. The van der Waals surface area contributed by atoms with E-state index in [9.17, 15) is 0 Å². The van der Waals surface area contributed by atoms with Gasteiger partial charge in [0.25, 0.3) is 0 Å². The molecule has 7 heteroatoms. The van der Waals surface area contributed by atoms with Crippen molar-refractivity contribution in [1.82, 2.24) is 9.97 Å². The number of hydrogen-bond acceptors (Lipinski definition) is 6. The van der Waals surface area contributed by atoms with E-state index in [4.69, 9.17) is 14.2 Å². The average molecular weight is 381 g/mol. The smallest absolute Gasteiger partial charge is 0.143 e. The van der Waals surface area contributed by atoms with Gasteiger partial charge in [0, 0.05) is 27.7 Å². The average Bonchev–Trinajstić information content (AvgIpc) is 2.42. The minimum absolute atomic E-state index is 0.479. The van der Waals surface area contributed by atoms with Crippen LogP contribution in [0.4, 0.5) is 5.82 Å². The zero-order valence-electron chi connectivity index (χ0n) is 11.5. The monoisotopic (exact) mass is 381 g/mol. The van der Waals surface area contributed by atoms with Crippen LogP contribution in [0.2, 0.25) is 0 Å². The van der Waals surface area contributed by atoms with Crippen molar-refractivity contribution in [2.75, 3.05) is 46.4 Å². The van der Waals surface area contributed by atoms with E-state index in [0.717, 1.165) is 20.9 Å². The number of aromatic nitrogens is 2. The number of halogens is 1. The largest absolute Gasteiger partial charge is 0.382 e. The summed E-state index contributed by atoms with van der Waals surface area (Å²) in [6.45, 7) is 2.25. The van der Waals surface area contributed by atoms with Gasteiger partial charge in [0.15, 0.2) is 0 Å². The lowest BCUT2D eigenvalue weighted by molar-refractivity contribution is 0.0716. The second kappa shape index (κ2) is 9.40. The fraction of sp³-hybridized carbons (Fsp3) is 0.667. The van der Waals surface area contributed by atoms with Gasteiger partial charge in [-0.3, -0.25) is 0 Å². The second-order valence-corrected chi connectivity index (χ2v) is 4.87. The molecule has 108 valence electrons. The molecule has 0 aliphatic heterocycles. The number of rotatable bonds is 9. The highest BCUT2D eigenvalue weighted by molar-refractivity contribution is 14.1. The van der Waals surface area contributed by atoms with Gasteiger partial charge in [-0.1, -0.05) is 0 Å². The first kappa shape index (κ1) is 16.5. The first-order chi connectivity index (χ1) is 9.22. The Hall–Kier alpha value is -0.510. The van der Waals surface area contributed by atoms with Gasteiger partial charge < -0.3 is 19.5 Å². The minimum atomic E-state index is 0.479. The van der Waals surface area contributed by atoms with Crippen molar-refractivity contribution >= 4 is 28.4 Å². The standard InChI is InChI=1S/C12H20IN3O3/c1-14-12-11(13)9(8-18-3)15-10(16-12)4-5-19-7-6-17-2/h4-8H2,1-3H3,(H,14,15,16). The zero-order chi connectivity index (χ0) is 14.1. The Balaban J connectivity index is 2.64. The second-order valence-electron chi connectivity index (χ2n) is 3.79. The van der Waals surface area contributed by atoms with E-state index in [1.54, 1.807) is 14.2 Å². The Bertz CT molecular complexity index is 391. The minimum Gasteiger partial charge on any atom is -0.382 e. The first-order valence-electron chi connectivity index (χ1n) is 6.01. The molecule has 1 rings (SSSR count). The lowest BCUT2D eigenvalue weighted by Gasteiger charge is -2.10. The molecule has 6 nitrogen and oxygen atoms in total. The first-order valence-corrected chi connectivity index (χ1v) is 7.09. The number of ether oxygens (including phenoxy) is 3. The lowest BCUT2D eigenvalue weighted by Crippen LogP contribution is -2.11. The summed E-state index contributed by atoms with van der Waals surface area (Å²) in [5.74, 6) is 1.59. The summed E-state index contributed by atoms with van der Waals surface area (Å²) in [6, 6.07) is 0. The number of nitrogens with zero attached hydrogens (tertiary/aromatic N) is 2. The zero-order valence-corrected chi connectivity index (χ0v) is 13.7. The highest BCUT2D eigenvalue weighted by atomic mass is 127. The third kappa shape index (κ3) is 5.55. The maximum Gasteiger partial charge on any atom is 0.143 e. The van der Waals surface area contributed by atoms with Crippen molar-refractivity contribution in [3.05, 3.63) is 15.1 Å². The molecule has 19 heavy (non-hydrogen) atoms. The van der Waals surface area contributed by atoms with Crippen LogP contribution in [0.15, 0.2) is 0 Å². The van der Waals surface area contributed by atoms with E-state index < -0.39 is 0 Å². The summed E-state index contributed by atoms with van der Waals surface area (Å²) in [6.07, 6.45) is 0.673. The number of hydrogen-bond donors (Lipinski definition) is 1. The molecule has 0 bridgehead atoms. The van der Waals surface area contributed by atoms with Gasteiger partial charge in [-0.2, -0.15) is 0 Å². The van der Waals surface area contributed by atoms with E-state index in [1.807, 2.05) is 7.05 Å². The predicted octanol–water partition coefficient (Wildman–Crippen LogP) is 1.47. The van der Waals surface area contributed by atoms with Crippen molar-refractivity contribution in [2.45, 2.75) is 13.0 Å².